The molecule has 0 saturated heterocycles. The van der Waals surface area contributed by atoms with Crippen LogP contribution in [0.1, 0.15) is 5.56 Å². The van der Waals surface area contributed by atoms with Crippen LogP contribution < -0.4 is 10.2 Å². The summed E-state index contributed by atoms with van der Waals surface area (Å²) in [6.45, 7) is 2.11. The van der Waals surface area contributed by atoms with Crippen LogP contribution in [0, 0.1) is 6.92 Å². The van der Waals surface area contributed by atoms with Crippen molar-refractivity contribution in [2.45, 2.75) is 6.92 Å². The lowest BCUT2D eigenvalue weighted by Crippen LogP contribution is -2.06. The highest BCUT2D eigenvalue weighted by molar-refractivity contribution is 7.08. The molecule has 0 unspecified atom stereocenters. The minimum atomic E-state index is -0.0898. The zero-order chi connectivity index (χ0) is 23.5. The van der Waals surface area contributed by atoms with Crippen molar-refractivity contribution >= 4 is 49.9 Å². The van der Waals surface area contributed by atoms with E-state index in [9.17, 15) is 4.79 Å². The molecule has 0 spiro atoms. The predicted molar refractivity (Wildman–Crippen MR) is 148 cm³/mol. The Balaban J connectivity index is 1.71. The van der Waals surface area contributed by atoms with Gasteiger partial charge >= 0.3 is 0 Å². The van der Waals surface area contributed by atoms with E-state index in [1.807, 2.05) is 36.4 Å². The van der Waals surface area contributed by atoms with Gasteiger partial charge < -0.3 is 9.14 Å². The third kappa shape index (κ3) is 3.13. The van der Waals surface area contributed by atoms with Crippen LogP contribution in [0.4, 0.5) is 0 Å². The van der Waals surface area contributed by atoms with E-state index in [1.165, 1.54) is 5.56 Å². The van der Waals surface area contributed by atoms with E-state index in [0.29, 0.717) is 16.9 Å². The van der Waals surface area contributed by atoms with E-state index in [-0.39, 0.29) is 5.43 Å². The number of aryl methyl sites for hydroxylation is 1. The molecule has 168 valence electrons. The van der Waals surface area contributed by atoms with Gasteiger partial charge in [-0.05, 0) is 82.5 Å². The van der Waals surface area contributed by atoms with Crippen molar-refractivity contribution in [1.82, 2.24) is 4.40 Å². The molecule has 4 aromatic heterocycles. The van der Waals surface area contributed by atoms with Gasteiger partial charge in [0.1, 0.15) is 5.75 Å². The maximum absolute atomic E-state index is 14.1. The summed E-state index contributed by atoms with van der Waals surface area (Å²) >= 11 is 3.30. The molecule has 4 heterocycles. The summed E-state index contributed by atoms with van der Waals surface area (Å²) in [6.07, 6.45) is 0. The number of nitrogens with zero attached hydrogens (tertiary/aromatic N) is 1. The maximum Gasteiger partial charge on any atom is 0.231 e. The Hall–Kier alpha value is -3.93. The number of aromatic nitrogens is 1. The molecular weight excluding hydrogens is 470 g/mol. The molecule has 0 N–H and O–H groups in total. The van der Waals surface area contributed by atoms with Crippen molar-refractivity contribution in [2.75, 3.05) is 0 Å². The second kappa shape index (κ2) is 7.80. The van der Waals surface area contributed by atoms with E-state index >= 15 is 0 Å². The van der Waals surface area contributed by atoms with E-state index in [0.717, 1.165) is 44.2 Å². The summed E-state index contributed by atoms with van der Waals surface area (Å²) < 4.78 is 8.45. The number of hydrogen-bond acceptors (Lipinski definition) is 4. The van der Waals surface area contributed by atoms with Crippen LogP contribution in [0.25, 0.3) is 49.6 Å². The first-order valence-corrected chi connectivity index (χ1v) is 13.2. The van der Waals surface area contributed by atoms with Gasteiger partial charge in [0.25, 0.3) is 0 Å². The summed E-state index contributed by atoms with van der Waals surface area (Å²) in [4.78, 5) is 14.1. The van der Waals surface area contributed by atoms with Crippen molar-refractivity contribution in [3.8, 4) is 33.9 Å². The molecule has 0 atom stereocenters. The van der Waals surface area contributed by atoms with Gasteiger partial charge in [0.15, 0.2) is 5.75 Å². The minimum Gasteiger partial charge on any atom is -0.453 e. The van der Waals surface area contributed by atoms with Crippen molar-refractivity contribution in [2.24, 2.45) is 0 Å². The molecule has 0 aliphatic heterocycles. The first-order chi connectivity index (χ1) is 17.2. The molecule has 35 heavy (non-hydrogen) atoms. The van der Waals surface area contributed by atoms with Gasteiger partial charge in [-0.2, -0.15) is 22.7 Å². The summed E-state index contributed by atoms with van der Waals surface area (Å²) in [5, 5.41) is 11.3. The molecule has 0 aliphatic rings. The van der Waals surface area contributed by atoms with Gasteiger partial charge in [0.05, 0.1) is 22.1 Å². The first-order valence-electron chi connectivity index (χ1n) is 11.4. The van der Waals surface area contributed by atoms with Gasteiger partial charge in [-0.3, -0.25) is 4.79 Å². The molecule has 7 rings (SSSR count). The van der Waals surface area contributed by atoms with Crippen LogP contribution >= 0.6 is 22.7 Å². The Morgan fingerprint density at radius 1 is 0.800 bits per heavy atom. The van der Waals surface area contributed by atoms with Crippen LogP contribution in [0.15, 0.2) is 99.1 Å². The Kier molecular flexibility index (Phi) is 4.56. The number of para-hydroxylation sites is 1. The Labute approximate surface area is 209 Å². The second-order valence-corrected chi connectivity index (χ2v) is 10.3. The number of fused-ring (bicyclic) bond motifs is 2. The average molecular weight is 490 g/mol. The number of pyridine rings is 1. The van der Waals surface area contributed by atoms with Crippen LogP contribution in [-0.4, -0.2) is 4.40 Å². The van der Waals surface area contributed by atoms with Gasteiger partial charge in [-0.1, -0.05) is 29.8 Å². The predicted octanol–water partition coefficient (Wildman–Crippen LogP) is 8.60. The highest BCUT2D eigenvalue weighted by Gasteiger charge is 2.26. The standard InChI is InChI=1S/C30H19NO2S2/c1-18-7-8-24-21(13-18)14-22-15-25(33-23-5-3-2-4-6-23)30(32)27-26(19-9-11-34-16-19)28(31(24)29(22)27)20-10-12-35-17-20/h2-17H,1H3. The summed E-state index contributed by atoms with van der Waals surface area (Å²) in [7, 11) is 0. The highest BCUT2D eigenvalue weighted by Crippen LogP contribution is 2.45. The van der Waals surface area contributed by atoms with Gasteiger partial charge in [-0.15, -0.1) is 0 Å². The molecule has 0 bridgehead atoms. The number of ether oxygens (including phenoxy) is 1. The van der Waals surface area contributed by atoms with E-state index < -0.39 is 0 Å². The van der Waals surface area contributed by atoms with Gasteiger partial charge in [-0.25, -0.2) is 0 Å². The molecule has 7 aromatic rings. The van der Waals surface area contributed by atoms with Crippen molar-refractivity contribution in [1.29, 1.82) is 0 Å². The lowest BCUT2D eigenvalue weighted by Gasteiger charge is -2.11. The Morgan fingerprint density at radius 2 is 1.57 bits per heavy atom. The minimum absolute atomic E-state index is 0.0898. The largest absolute Gasteiger partial charge is 0.453 e. The molecule has 0 amide bonds. The highest BCUT2D eigenvalue weighted by atomic mass is 32.1. The topological polar surface area (TPSA) is 30.7 Å². The van der Waals surface area contributed by atoms with E-state index in [2.05, 4.69) is 69.2 Å². The average Bonchev–Trinajstić information content (AvgIpc) is 3.63. The Bertz CT molecular complexity index is 1880. The molecular formula is C30H19NO2S2. The lowest BCUT2D eigenvalue weighted by atomic mass is 10.0. The lowest BCUT2D eigenvalue weighted by molar-refractivity contribution is 0.480. The number of hydrogen-bond donors (Lipinski definition) is 0. The third-order valence-corrected chi connectivity index (χ3v) is 7.86. The summed E-state index contributed by atoms with van der Waals surface area (Å²) in [5.74, 6) is 0.995. The van der Waals surface area contributed by atoms with Gasteiger partial charge in [0.2, 0.25) is 5.43 Å². The van der Waals surface area contributed by atoms with Crippen LogP contribution in [-0.2, 0) is 0 Å². The van der Waals surface area contributed by atoms with Crippen LogP contribution in [0.2, 0.25) is 0 Å². The first kappa shape index (κ1) is 20.4. The molecule has 0 radical (unpaired) electrons. The van der Waals surface area contributed by atoms with Crippen molar-refractivity contribution in [3.05, 3.63) is 110 Å². The molecule has 0 fully saturated rings. The number of thiophene rings is 2. The fourth-order valence-corrected chi connectivity index (χ4v) is 6.32. The van der Waals surface area contributed by atoms with E-state index in [4.69, 9.17) is 4.74 Å². The molecule has 0 aliphatic carbocycles. The van der Waals surface area contributed by atoms with Crippen molar-refractivity contribution < 1.29 is 4.74 Å². The van der Waals surface area contributed by atoms with Crippen LogP contribution in [0.3, 0.4) is 0 Å². The smallest absolute Gasteiger partial charge is 0.231 e. The van der Waals surface area contributed by atoms with E-state index in [1.54, 1.807) is 22.7 Å². The summed E-state index contributed by atoms with van der Waals surface area (Å²) in [6, 6.07) is 24.3. The fraction of sp³-hybridized carbons (Fsp3) is 0.0333. The van der Waals surface area contributed by atoms with Crippen LogP contribution in [0.5, 0.6) is 11.5 Å². The van der Waals surface area contributed by atoms with Gasteiger partial charge in [0, 0.05) is 21.9 Å². The summed E-state index contributed by atoms with van der Waals surface area (Å²) in [5.41, 5.74) is 7.31. The maximum atomic E-state index is 14.1. The molecule has 0 saturated carbocycles. The quantitative estimate of drug-likeness (QED) is 0.232. The monoisotopic (exact) mass is 489 g/mol. The molecule has 5 heteroatoms. The SMILES string of the molecule is Cc1ccc2c(c1)cc1cc(Oc3ccccc3)c(=O)c3c(-c4ccsc4)c(-c4ccsc4)n2c13. The number of benzene rings is 3. The fourth-order valence-electron chi connectivity index (χ4n) is 5.03. The zero-order valence-corrected chi connectivity index (χ0v) is 20.5. The Morgan fingerprint density at radius 3 is 2.31 bits per heavy atom. The molecule has 3 nitrogen and oxygen atoms in total. The molecule has 3 aromatic carbocycles. The van der Waals surface area contributed by atoms with Crippen molar-refractivity contribution in [3.63, 3.8) is 0 Å². The number of rotatable bonds is 4. The normalized spacial score (nSPS) is 11.7. The second-order valence-electron chi connectivity index (χ2n) is 8.72. The third-order valence-electron chi connectivity index (χ3n) is 6.49. The zero-order valence-electron chi connectivity index (χ0n) is 18.8.